The molecule has 5 heteroatoms. The lowest BCUT2D eigenvalue weighted by Crippen LogP contribution is -2.44. The monoisotopic (exact) mass is 226 g/mol. The van der Waals surface area contributed by atoms with Crippen molar-refractivity contribution in [2.45, 2.75) is 25.9 Å². The number of carbonyl (C=O) groups excluding carboxylic acids is 1. The summed E-state index contributed by atoms with van der Waals surface area (Å²) in [6.45, 7) is 3.71. The van der Waals surface area contributed by atoms with Crippen LogP contribution in [-0.4, -0.2) is 10.5 Å². The number of pyridine rings is 1. The van der Waals surface area contributed by atoms with Crippen molar-refractivity contribution in [1.82, 2.24) is 9.88 Å². The van der Waals surface area contributed by atoms with Crippen molar-refractivity contribution in [3.8, 4) is 0 Å². The first-order chi connectivity index (χ1) is 6.99. The van der Waals surface area contributed by atoms with Crippen LogP contribution in [0.4, 0.5) is 0 Å². The van der Waals surface area contributed by atoms with Crippen LogP contribution in [0.25, 0.3) is 0 Å². The third-order valence-electron chi connectivity index (χ3n) is 2.83. The highest BCUT2D eigenvalue weighted by atomic mass is 35.5. The molecule has 0 fully saturated rings. The lowest BCUT2D eigenvalue weighted by Gasteiger charge is -2.25. The number of aromatic nitrogens is 1. The van der Waals surface area contributed by atoms with E-state index in [0.717, 1.165) is 0 Å². The van der Waals surface area contributed by atoms with Crippen LogP contribution in [0.2, 0.25) is 5.02 Å². The van der Waals surface area contributed by atoms with Crippen molar-refractivity contribution in [3.63, 3.8) is 0 Å². The van der Waals surface area contributed by atoms with Gasteiger partial charge in [0.05, 0.1) is 0 Å². The maximum atomic E-state index is 11.8. The van der Waals surface area contributed by atoms with Gasteiger partial charge in [0, 0.05) is 0 Å². The van der Waals surface area contributed by atoms with Crippen molar-refractivity contribution in [2.75, 3.05) is 0 Å². The molecular formula is C10H11ClN2O2. The Bertz CT molecular complexity index is 495. The first kappa shape index (κ1) is 10.2. The molecule has 1 aliphatic heterocycles. The van der Waals surface area contributed by atoms with Crippen LogP contribution in [0.5, 0.6) is 0 Å². The number of hydrogen-bond donors (Lipinski definition) is 1. The number of halogens is 1. The zero-order valence-electron chi connectivity index (χ0n) is 8.50. The summed E-state index contributed by atoms with van der Waals surface area (Å²) in [6, 6.07) is 3.02. The number of carbonyl (C=O) groups is 1. The van der Waals surface area contributed by atoms with Crippen LogP contribution < -0.4 is 10.9 Å². The average molecular weight is 227 g/mol. The molecule has 2 heterocycles. The number of amides is 1. The molecule has 0 bridgehead atoms. The second-order valence-electron chi connectivity index (χ2n) is 3.79. The molecule has 15 heavy (non-hydrogen) atoms. The molecule has 0 spiro atoms. The van der Waals surface area contributed by atoms with E-state index in [1.807, 2.05) is 6.92 Å². The van der Waals surface area contributed by atoms with Gasteiger partial charge in [0.1, 0.15) is 16.4 Å². The van der Waals surface area contributed by atoms with E-state index in [1.165, 1.54) is 10.6 Å². The van der Waals surface area contributed by atoms with Gasteiger partial charge >= 0.3 is 0 Å². The van der Waals surface area contributed by atoms with Crippen LogP contribution >= 0.6 is 11.6 Å². The van der Waals surface area contributed by atoms with E-state index in [1.54, 1.807) is 13.0 Å². The largest absolute Gasteiger partial charge is 0.328 e. The molecule has 0 saturated carbocycles. The number of hydrogen-bond acceptors (Lipinski definition) is 2. The molecule has 80 valence electrons. The molecule has 1 unspecified atom stereocenters. The molecule has 0 radical (unpaired) electrons. The molecule has 1 N–H and O–H groups in total. The average Bonchev–Trinajstić information content (AvgIpc) is 2.46. The maximum absolute atomic E-state index is 11.8. The van der Waals surface area contributed by atoms with Crippen LogP contribution in [0, 0.1) is 0 Å². The van der Waals surface area contributed by atoms with Crippen LogP contribution in [0.3, 0.4) is 0 Å². The molecule has 1 aliphatic rings. The summed E-state index contributed by atoms with van der Waals surface area (Å²) < 4.78 is 1.43. The predicted molar refractivity (Wildman–Crippen MR) is 57.1 cm³/mol. The van der Waals surface area contributed by atoms with Gasteiger partial charge in [0.15, 0.2) is 0 Å². The Morgan fingerprint density at radius 2 is 2.13 bits per heavy atom. The second kappa shape index (κ2) is 3.10. The summed E-state index contributed by atoms with van der Waals surface area (Å²) >= 11 is 5.75. The topological polar surface area (TPSA) is 51.1 Å². The molecule has 4 nitrogen and oxygen atoms in total. The third-order valence-corrected chi connectivity index (χ3v) is 3.12. The fourth-order valence-electron chi connectivity index (χ4n) is 1.79. The van der Waals surface area contributed by atoms with Crippen LogP contribution in [0.1, 0.15) is 30.8 Å². The second-order valence-corrected chi connectivity index (χ2v) is 4.20. The minimum Gasteiger partial charge on any atom is -0.328 e. The Labute approximate surface area is 91.9 Å². The number of rotatable bonds is 1. The van der Waals surface area contributed by atoms with Gasteiger partial charge < -0.3 is 5.32 Å². The molecule has 0 aromatic carbocycles. The van der Waals surface area contributed by atoms with Gasteiger partial charge in [-0.2, -0.15) is 0 Å². The van der Waals surface area contributed by atoms with Gasteiger partial charge in [-0.1, -0.05) is 18.5 Å². The van der Waals surface area contributed by atoms with E-state index in [9.17, 15) is 9.59 Å². The summed E-state index contributed by atoms with van der Waals surface area (Å²) in [6.07, 6.45) is 0.631. The number of fused-ring (bicyclic) bond motifs is 1. The molecular weight excluding hydrogens is 216 g/mol. The van der Waals surface area contributed by atoms with E-state index < -0.39 is 5.66 Å². The van der Waals surface area contributed by atoms with Crippen molar-refractivity contribution in [2.24, 2.45) is 0 Å². The summed E-state index contributed by atoms with van der Waals surface area (Å²) in [5.74, 6) is -0.229. The van der Waals surface area contributed by atoms with Gasteiger partial charge in [-0.25, -0.2) is 0 Å². The quantitative estimate of drug-likeness (QED) is 0.786. The number of nitrogens with one attached hydrogen (secondary N) is 1. The Kier molecular flexibility index (Phi) is 2.12. The van der Waals surface area contributed by atoms with Crippen LogP contribution in [0.15, 0.2) is 16.9 Å². The molecule has 0 aliphatic carbocycles. The molecule has 1 aromatic rings. The summed E-state index contributed by atoms with van der Waals surface area (Å²) in [4.78, 5) is 23.4. The normalized spacial score (nSPS) is 23.8. The van der Waals surface area contributed by atoms with Gasteiger partial charge in [-0.05, 0) is 25.5 Å². The fraction of sp³-hybridized carbons (Fsp3) is 0.400. The van der Waals surface area contributed by atoms with Gasteiger partial charge in [-0.3, -0.25) is 14.2 Å². The maximum Gasteiger partial charge on any atom is 0.271 e. The molecule has 1 amide bonds. The summed E-state index contributed by atoms with van der Waals surface area (Å²) in [5.41, 5.74) is -0.611. The van der Waals surface area contributed by atoms with E-state index in [-0.39, 0.29) is 16.5 Å². The molecule has 1 atom stereocenters. The Morgan fingerprint density at radius 3 is 2.73 bits per heavy atom. The number of nitrogens with zero attached hydrogens (tertiary/aromatic N) is 1. The molecule has 1 aromatic heterocycles. The first-order valence-electron chi connectivity index (χ1n) is 4.74. The molecule has 0 saturated heterocycles. The summed E-state index contributed by atoms with van der Waals surface area (Å²) in [5, 5.41) is 2.91. The van der Waals surface area contributed by atoms with E-state index in [0.29, 0.717) is 12.1 Å². The van der Waals surface area contributed by atoms with Crippen molar-refractivity contribution in [1.29, 1.82) is 0 Å². The van der Waals surface area contributed by atoms with Gasteiger partial charge in [0.25, 0.3) is 11.5 Å². The van der Waals surface area contributed by atoms with E-state index >= 15 is 0 Å². The van der Waals surface area contributed by atoms with Crippen LogP contribution in [-0.2, 0) is 5.66 Å². The zero-order valence-corrected chi connectivity index (χ0v) is 9.26. The van der Waals surface area contributed by atoms with Gasteiger partial charge in [0.2, 0.25) is 0 Å². The zero-order chi connectivity index (χ0) is 11.2. The third kappa shape index (κ3) is 1.28. The van der Waals surface area contributed by atoms with E-state index in [4.69, 9.17) is 11.6 Å². The molecule has 2 rings (SSSR count). The first-order valence-corrected chi connectivity index (χ1v) is 5.12. The Hall–Kier alpha value is -1.29. The van der Waals surface area contributed by atoms with Gasteiger partial charge in [-0.15, -0.1) is 0 Å². The van der Waals surface area contributed by atoms with Crippen molar-refractivity contribution >= 4 is 17.5 Å². The smallest absolute Gasteiger partial charge is 0.271 e. The predicted octanol–water partition coefficient (Wildman–Crippen LogP) is 1.33. The van der Waals surface area contributed by atoms with Crippen molar-refractivity contribution in [3.05, 3.63) is 33.2 Å². The summed E-state index contributed by atoms with van der Waals surface area (Å²) in [7, 11) is 0. The lowest BCUT2D eigenvalue weighted by molar-refractivity contribution is 0.0924. The highest BCUT2D eigenvalue weighted by Crippen LogP contribution is 2.24. The Morgan fingerprint density at radius 1 is 1.47 bits per heavy atom. The minimum atomic E-state index is -0.658. The van der Waals surface area contributed by atoms with E-state index in [2.05, 4.69) is 5.32 Å². The SMILES string of the molecule is CCC1(C)NC(=O)c2ccc(Cl)c(=O)n21. The Balaban J connectivity index is 2.79. The fourth-order valence-corrected chi connectivity index (χ4v) is 1.94. The standard InChI is InChI=1S/C10H11ClN2O2/c1-3-10(2)12-8(14)7-5-4-6(11)9(15)13(7)10/h4-5H,3H2,1-2H3,(H,12,14). The minimum absolute atomic E-state index is 0.134. The highest BCUT2D eigenvalue weighted by molar-refractivity contribution is 6.30. The highest BCUT2D eigenvalue weighted by Gasteiger charge is 2.38. The lowest BCUT2D eigenvalue weighted by atomic mass is 10.1. The van der Waals surface area contributed by atoms with Crippen molar-refractivity contribution < 1.29 is 4.79 Å².